The van der Waals surface area contributed by atoms with Crippen molar-refractivity contribution in [3.05, 3.63) is 29.8 Å². The van der Waals surface area contributed by atoms with Crippen LogP contribution in [0.15, 0.2) is 24.3 Å². The lowest BCUT2D eigenvalue weighted by molar-refractivity contribution is -0.131. The van der Waals surface area contributed by atoms with Crippen LogP contribution < -0.4 is 10.1 Å². The maximum atomic E-state index is 11.4. The Morgan fingerprint density at radius 1 is 1.45 bits per heavy atom. The minimum Gasteiger partial charge on any atom is -0.449 e. The number of hydrogen-bond donors (Lipinski definition) is 1. The van der Waals surface area contributed by atoms with Gasteiger partial charge in [0.1, 0.15) is 12.4 Å². The highest BCUT2D eigenvalue weighted by Gasteiger charge is 2.37. The first-order valence-corrected chi connectivity index (χ1v) is 6.10. The lowest BCUT2D eigenvalue weighted by Crippen LogP contribution is -2.46. The minimum absolute atomic E-state index is 0. The molecule has 1 N–H and O–H groups in total. The number of amides is 1. The van der Waals surface area contributed by atoms with Crippen molar-refractivity contribution in [1.29, 1.82) is 0 Å². The Balaban J connectivity index is 0.00000200. The van der Waals surface area contributed by atoms with Crippen LogP contribution in [-0.2, 0) is 9.53 Å². The monoisotopic (exact) mass is 299 g/mol. The van der Waals surface area contributed by atoms with Crippen molar-refractivity contribution in [2.24, 2.45) is 5.41 Å². The smallest absolute Gasteiger partial charge is 0.407 e. The van der Waals surface area contributed by atoms with Gasteiger partial charge in [0.05, 0.1) is 6.04 Å². The highest BCUT2D eigenvalue weighted by molar-refractivity contribution is 5.85. The van der Waals surface area contributed by atoms with Gasteiger partial charge in [-0.3, -0.25) is 4.79 Å². The fourth-order valence-electron chi connectivity index (χ4n) is 2.15. The van der Waals surface area contributed by atoms with Gasteiger partial charge in [0.15, 0.2) is 0 Å². The molecular formula is C14H18ClNO4. The molecule has 20 heavy (non-hydrogen) atoms. The first kappa shape index (κ1) is 16.3. The van der Waals surface area contributed by atoms with Crippen LogP contribution in [0, 0.1) is 5.41 Å². The molecule has 0 bridgehead atoms. The summed E-state index contributed by atoms with van der Waals surface area (Å²) in [5, 5.41) is 2.80. The highest BCUT2D eigenvalue weighted by atomic mass is 35.5. The number of alkyl carbamates (subject to hydrolysis) is 1. The van der Waals surface area contributed by atoms with Crippen molar-refractivity contribution in [2.75, 3.05) is 6.61 Å². The van der Waals surface area contributed by atoms with Crippen LogP contribution in [0.3, 0.4) is 0 Å². The van der Waals surface area contributed by atoms with E-state index in [1.165, 1.54) is 6.92 Å². The van der Waals surface area contributed by atoms with E-state index in [-0.39, 0.29) is 29.8 Å². The molecule has 1 saturated heterocycles. The zero-order valence-corrected chi connectivity index (χ0v) is 12.5. The number of esters is 1. The number of cyclic esters (lactones) is 1. The van der Waals surface area contributed by atoms with Gasteiger partial charge in [-0.05, 0) is 17.7 Å². The molecule has 1 amide bonds. The van der Waals surface area contributed by atoms with Crippen LogP contribution in [-0.4, -0.2) is 18.7 Å². The fourth-order valence-corrected chi connectivity index (χ4v) is 2.15. The fraction of sp³-hybridized carbons (Fsp3) is 0.429. The van der Waals surface area contributed by atoms with Gasteiger partial charge in [-0.15, -0.1) is 12.4 Å². The molecule has 1 aromatic carbocycles. The van der Waals surface area contributed by atoms with E-state index in [2.05, 4.69) is 5.32 Å². The average Bonchev–Trinajstić information content (AvgIpc) is 2.32. The zero-order valence-electron chi connectivity index (χ0n) is 11.6. The lowest BCUT2D eigenvalue weighted by atomic mass is 9.80. The number of halogens is 1. The Morgan fingerprint density at radius 3 is 2.80 bits per heavy atom. The van der Waals surface area contributed by atoms with E-state index in [9.17, 15) is 9.59 Å². The number of ether oxygens (including phenoxy) is 2. The predicted octanol–water partition coefficient (Wildman–Crippen LogP) is 2.84. The Bertz CT molecular complexity index is 516. The third-order valence-corrected chi connectivity index (χ3v) is 3.07. The van der Waals surface area contributed by atoms with Gasteiger partial charge < -0.3 is 14.8 Å². The second kappa shape index (κ2) is 6.13. The van der Waals surface area contributed by atoms with Crippen molar-refractivity contribution in [3.8, 4) is 5.75 Å². The summed E-state index contributed by atoms with van der Waals surface area (Å²) in [5.41, 5.74) is 0.656. The molecule has 2 rings (SSSR count). The second-order valence-electron chi connectivity index (χ2n) is 5.31. The van der Waals surface area contributed by atoms with Gasteiger partial charge in [0, 0.05) is 12.3 Å². The van der Waals surface area contributed by atoms with E-state index in [1.54, 1.807) is 18.2 Å². The van der Waals surface area contributed by atoms with Gasteiger partial charge in [0.2, 0.25) is 0 Å². The van der Waals surface area contributed by atoms with E-state index >= 15 is 0 Å². The molecule has 1 aliphatic rings. The molecule has 1 fully saturated rings. The molecular weight excluding hydrogens is 282 g/mol. The van der Waals surface area contributed by atoms with Gasteiger partial charge >= 0.3 is 12.1 Å². The summed E-state index contributed by atoms with van der Waals surface area (Å²) in [6.07, 6.45) is -0.429. The molecule has 110 valence electrons. The number of carbonyl (C=O) groups is 2. The van der Waals surface area contributed by atoms with E-state index in [4.69, 9.17) is 9.47 Å². The van der Waals surface area contributed by atoms with Gasteiger partial charge in [-0.1, -0.05) is 26.0 Å². The number of rotatable bonds is 2. The van der Waals surface area contributed by atoms with Crippen molar-refractivity contribution in [3.63, 3.8) is 0 Å². The standard InChI is InChI=1S/C14H17NO4.ClH/c1-9(16)19-11-6-4-5-10(7-11)12-14(2,3)8-18-13(17)15-12;/h4-7,12H,8H2,1-3H3,(H,15,17);1H/t12-;/m1./s1. The van der Waals surface area contributed by atoms with E-state index in [1.807, 2.05) is 19.9 Å². The summed E-state index contributed by atoms with van der Waals surface area (Å²) in [4.78, 5) is 22.3. The quantitative estimate of drug-likeness (QED) is 0.673. The maximum absolute atomic E-state index is 11.4. The molecule has 0 saturated carbocycles. The van der Waals surface area contributed by atoms with Crippen LogP contribution in [0.2, 0.25) is 0 Å². The molecule has 0 aromatic heterocycles. The average molecular weight is 300 g/mol. The summed E-state index contributed by atoms with van der Waals surface area (Å²) in [7, 11) is 0. The minimum atomic E-state index is -0.429. The maximum Gasteiger partial charge on any atom is 0.407 e. The Labute approximate surface area is 124 Å². The van der Waals surface area contributed by atoms with Gasteiger partial charge in [0.25, 0.3) is 0 Å². The highest BCUT2D eigenvalue weighted by Crippen LogP contribution is 2.37. The van der Waals surface area contributed by atoms with Crippen LogP contribution in [0.5, 0.6) is 5.75 Å². The summed E-state index contributed by atoms with van der Waals surface area (Å²) < 4.78 is 10.1. The summed E-state index contributed by atoms with van der Waals surface area (Å²) in [6, 6.07) is 6.98. The van der Waals surface area contributed by atoms with Gasteiger partial charge in [-0.2, -0.15) is 0 Å². The first-order chi connectivity index (χ1) is 8.88. The topological polar surface area (TPSA) is 64.6 Å². The van der Waals surface area contributed by atoms with Crippen LogP contribution in [0.1, 0.15) is 32.4 Å². The van der Waals surface area contributed by atoms with Crippen molar-refractivity contribution in [2.45, 2.75) is 26.8 Å². The van der Waals surface area contributed by atoms with Gasteiger partial charge in [-0.25, -0.2) is 4.79 Å². The van der Waals surface area contributed by atoms with Crippen molar-refractivity contribution < 1.29 is 19.1 Å². The molecule has 1 aromatic rings. The largest absolute Gasteiger partial charge is 0.449 e. The second-order valence-corrected chi connectivity index (χ2v) is 5.31. The molecule has 5 nitrogen and oxygen atoms in total. The Hall–Kier alpha value is -1.75. The lowest BCUT2D eigenvalue weighted by Gasteiger charge is -2.38. The summed E-state index contributed by atoms with van der Waals surface area (Å²) in [5.74, 6) is 0.106. The number of benzene rings is 1. The summed E-state index contributed by atoms with van der Waals surface area (Å²) >= 11 is 0. The van der Waals surface area contributed by atoms with Crippen molar-refractivity contribution >= 4 is 24.5 Å². The first-order valence-electron chi connectivity index (χ1n) is 6.10. The van der Waals surface area contributed by atoms with E-state index in [0.717, 1.165) is 5.56 Å². The van der Waals surface area contributed by atoms with E-state index < -0.39 is 6.09 Å². The molecule has 6 heteroatoms. The van der Waals surface area contributed by atoms with Crippen molar-refractivity contribution in [1.82, 2.24) is 5.32 Å². The molecule has 1 atom stereocenters. The normalized spacial score (nSPS) is 20.1. The number of hydrogen-bond acceptors (Lipinski definition) is 4. The molecule has 0 radical (unpaired) electrons. The molecule has 1 heterocycles. The SMILES string of the molecule is CC(=O)Oc1cccc([C@H]2NC(=O)OCC2(C)C)c1.Cl. The Morgan fingerprint density at radius 2 is 2.15 bits per heavy atom. The third kappa shape index (κ3) is 3.63. The number of carbonyl (C=O) groups excluding carboxylic acids is 2. The molecule has 0 unspecified atom stereocenters. The predicted molar refractivity (Wildman–Crippen MR) is 76.0 cm³/mol. The molecule has 1 aliphatic heterocycles. The zero-order chi connectivity index (χ0) is 14.0. The Kier molecular flexibility index (Phi) is 5.00. The van der Waals surface area contributed by atoms with Crippen LogP contribution >= 0.6 is 12.4 Å². The van der Waals surface area contributed by atoms with Crippen LogP contribution in [0.25, 0.3) is 0 Å². The summed E-state index contributed by atoms with van der Waals surface area (Å²) in [6.45, 7) is 5.72. The molecule has 0 spiro atoms. The molecule has 0 aliphatic carbocycles. The third-order valence-electron chi connectivity index (χ3n) is 3.07. The van der Waals surface area contributed by atoms with Crippen LogP contribution in [0.4, 0.5) is 4.79 Å². The van der Waals surface area contributed by atoms with E-state index in [0.29, 0.717) is 12.4 Å². The number of nitrogens with one attached hydrogen (secondary N) is 1.